The Hall–Kier alpha value is -4.26. The molecule has 0 saturated heterocycles. The van der Waals surface area contributed by atoms with Crippen LogP contribution in [0.4, 0.5) is 0 Å². The van der Waals surface area contributed by atoms with Crippen LogP contribution in [0.3, 0.4) is 0 Å². The van der Waals surface area contributed by atoms with E-state index in [9.17, 15) is 0 Å². The van der Waals surface area contributed by atoms with Crippen LogP contribution >= 0.6 is 0 Å². The molecule has 0 radical (unpaired) electrons. The van der Waals surface area contributed by atoms with Crippen LogP contribution in [0.25, 0.3) is 21.5 Å². The second kappa shape index (κ2) is 19.7. The average Bonchev–Trinajstić information content (AvgIpc) is 3.70. The van der Waals surface area contributed by atoms with E-state index < -0.39 is 0 Å². The van der Waals surface area contributed by atoms with Crippen molar-refractivity contribution in [3.8, 4) is 0 Å². The fraction of sp³-hybridized carbons (Fsp3) is 0.0435. The van der Waals surface area contributed by atoms with Crippen LogP contribution in [0.15, 0.2) is 194 Å². The van der Waals surface area contributed by atoms with Gasteiger partial charge in [-0.3, -0.25) is 0 Å². The van der Waals surface area contributed by atoms with E-state index in [1.54, 1.807) is 0 Å². The fourth-order valence-corrected chi connectivity index (χ4v) is 5.94. The first-order chi connectivity index (χ1) is 22.7. The van der Waals surface area contributed by atoms with Gasteiger partial charge in [0.1, 0.15) is 0 Å². The molecule has 0 N–H and O–H groups in total. The fourth-order valence-electron chi connectivity index (χ4n) is 5.94. The van der Waals surface area contributed by atoms with E-state index in [4.69, 9.17) is 0 Å². The first kappa shape index (κ1) is 39.2. The third-order valence-electron chi connectivity index (χ3n) is 8.02. The van der Waals surface area contributed by atoms with E-state index in [0.717, 1.165) is 0 Å². The van der Waals surface area contributed by atoms with Crippen molar-refractivity contribution in [2.45, 2.75) is 13.8 Å². The summed E-state index contributed by atoms with van der Waals surface area (Å²) < 4.78 is 0. The zero-order chi connectivity index (χ0) is 31.6. The molecule has 0 atom stereocenters. The Morgan fingerprint density at radius 2 is 0.592 bits per heavy atom. The van der Waals surface area contributed by atoms with Crippen molar-refractivity contribution in [2.24, 2.45) is 0 Å². The molecule has 0 aliphatic rings. The molecule has 0 aromatic heterocycles. The maximum atomic E-state index is 2.20. The molecule has 49 heavy (non-hydrogen) atoms. The molecule has 0 aliphatic carbocycles. The van der Waals surface area contributed by atoms with E-state index in [-0.39, 0.29) is 51.0 Å². The molecule has 8 rings (SSSR count). The summed E-state index contributed by atoms with van der Waals surface area (Å²) in [6.45, 7) is 4.25. The molecule has 244 valence electrons. The summed E-state index contributed by atoms with van der Waals surface area (Å²) in [7, 11) is 0. The van der Waals surface area contributed by atoms with Gasteiger partial charge in [0.15, 0.2) is 0 Å². The number of aryl methyl sites for hydroxylation is 2. The van der Waals surface area contributed by atoms with E-state index >= 15 is 0 Å². The van der Waals surface area contributed by atoms with Gasteiger partial charge in [0.2, 0.25) is 0 Å². The van der Waals surface area contributed by atoms with Gasteiger partial charge < -0.3 is 24.8 Å². The quantitative estimate of drug-likeness (QED) is 0.188. The first-order valence-electron chi connectivity index (χ1n) is 15.9. The zero-order valence-corrected chi connectivity index (χ0v) is 31.7. The van der Waals surface area contributed by atoms with Gasteiger partial charge >= 0.3 is 26.2 Å². The molecular formula is C46H38Cl2Zr-4. The van der Waals surface area contributed by atoms with E-state index in [2.05, 4.69) is 208 Å². The third kappa shape index (κ3) is 10.4. The number of hydrogen-bond donors (Lipinski definition) is 0. The molecule has 0 fully saturated rings. The van der Waals surface area contributed by atoms with Gasteiger partial charge in [-0.05, 0) is 0 Å². The molecule has 0 amide bonds. The van der Waals surface area contributed by atoms with Gasteiger partial charge in [-0.25, -0.2) is 0 Å². The van der Waals surface area contributed by atoms with Crippen LogP contribution in [-0.4, -0.2) is 0 Å². The molecule has 0 aliphatic heterocycles. The van der Waals surface area contributed by atoms with E-state index in [1.807, 2.05) is 0 Å². The van der Waals surface area contributed by atoms with Gasteiger partial charge in [0.25, 0.3) is 0 Å². The Bertz CT molecular complexity index is 1770. The van der Waals surface area contributed by atoms with E-state index in [0.29, 0.717) is 0 Å². The minimum absolute atomic E-state index is 0. The predicted molar refractivity (Wildman–Crippen MR) is 197 cm³/mol. The Morgan fingerprint density at radius 1 is 0.347 bits per heavy atom. The number of halogens is 2. The number of hydrogen-bond acceptors (Lipinski definition) is 0. The minimum Gasteiger partial charge on any atom is -1.00 e. The Morgan fingerprint density at radius 3 is 0.857 bits per heavy atom. The normalized spacial score (nSPS) is 9.76. The van der Waals surface area contributed by atoms with Crippen LogP contribution < -0.4 is 24.8 Å². The number of fused-ring (bicyclic) bond motifs is 2. The maximum absolute atomic E-state index is 2.20. The summed E-state index contributed by atoms with van der Waals surface area (Å²) in [6.07, 6.45) is 0. The standard InChI is InChI=1S/C26H20.2C10H9.2ClH.Zr/c1-5-13-21(14-6-1)25(22-15-7-2-8-16-22)26(23-17-9-3-10-18-23)24-19-11-4-12-20-24;2*1-8-6-9-4-2-3-5-10(9)7-8;;;/h1-20H;2*2-7H,1H3;2*1H;/q-2;2*-1;;;+2/p-2. The van der Waals surface area contributed by atoms with Crippen LogP contribution in [0.2, 0.25) is 0 Å². The van der Waals surface area contributed by atoms with Crippen molar-refractivity contribution in [1.82, 2.24) is 0 Å². The Labute approximate surface area is 323 Å². The van der Waals surface area contributed by atoms with Crippen LogP contribution in [0, 0.1) is 25.7 Å². The first-order valence-corrected chi connectivity index (χ1v) is 15.9. The van der Waals surface area contributed by atoms with Crippen molar-refractivity contribution >= 4 is 21.5 Å². The molecule has 0 nitrogen and oxygen atoms in total. The molecule has 0 heterocycles. The van der Waals surface area contributed by atoms with Gasteiger partial charge in [0, 0.05) is 0 Å². The largest absolute Gasteiger partial charge is 2.00 e. The average molecular weight is 753 g/mol. The zero-order valence-electron chi connectivity index (χ0n) is 27.7. The molecule has 8 aromatic carbocycles. The van der Waals surface area contributed by atoms with Crippen LogP contribution in [0.1, 0.15) is 33.4 Å². The topological polar surface area (TPSA) is 0 Å². The van der Waals surface area contributed by atoms with Crippen molar-refractivity contribution in [3.63, 3.8) is 0 Å². The molecular weight excluding hydrogens is 715 g/mol. The molecule has 8 aromatic rings. The summed E-state index contributed by atoms with van der Waals surface area (Å²) in [6, 6.07) is 68.3. The smallest absolute Gasteiger partial charge is 1.00 e. The van der Waals surface area contributed by atoms with Crippen molar-refractivity contribution in [3.05, 3.63) is 239 Å². The second-order valence-electron chi connectivity index (χ2n) is 11.5. The predicted octanol–water partition coefficient (Wildman–Crippen LogP) is 6.07. The van der Waals surface area contributed by atoms with Gasteiger partial charge in [-0.15, -0.1) is 164 Å². The summed E-state index contributed by atoms with van der Waals surface area (Å²) in [5, 5.41) is 5.39. The van der Waals surface area contributed by atoms with Crippen molar-refractivity contribution in [2.75, 3.05) is 0 Å². The molecule has 3 heteroatoms. The van der Waals surface area contributed by atoms with Crippen molar-refractivity contribution in [1.29, 1.82) is 0 Å². The summed E-state index contributed by atoms with van der Waals surface area (Å²) in [4.78, 5) is 0. The third-order valence-corrected chi connectivity index (χ3v) is 8.02. The Kier molecular flexibility index (Phi) is 15.7. The molecule has 0 bridgehead atoms. The Balaban J connectivity index is 0.000000233. The summed E-state index contributed by atoms with van der Waals surface area (Å²) in [5.41, 5.74) is 7.59. The van der Waals surface area contributed by atoms with Crippen LogP contribution in [0.5, 0.6) is 0 Å². The van der Waals surface area contributed by atoms with Gasteiger partial charge in [-0.1, -0.05) is 98.8 Å². The number of rotatable bonds is 5. The summed E-state index contributed by atoms with van der Waals surface area (Å²) in [5.74, 6) is 2.51. The summed E-state index contributed by atoms with van der Waals surface area (Å²) >= 11 is 0. The molecule has 0 saturated carbocycles. The number of benzene rings is 6. The van der Waals surface area contributed by atoms with Crippen LogP contribution in [-0.2, 0) is 26.2 Å². The molecule has 0 unspecified atom stereocenters. The van der Waals surface area contributed by atoms with Crippen molar-refractivity contribution < 1.29 is 51.0 Å². The second-order valence-corrected chi connectivity index (χ2v) is 11.5. The van der Waals surface area contributed by atoms with E-state index in [1.165, 1.54) is 66.8 Å². The maximum Gasteiger partial charge on any atom is 2.00 e. The monoisotopic (exact) mass is 750 g/mol. The van der Waals surface area contributed by atoms with Gasteiger partial charge in [0.05, 0.1) is 0 Å². The SMILES string of the molecule is Cc1cc2ccccc2[cH-]1.Cc1cc2ccccc2[cH-]1.[Cl-].[Cl-].[Zr+2].c1ccc([C-](c2ccccc2)[C-](c2ccccc2)c2ccccc2)cc1. The molecule has 0 spiro atoms. The van der Waals surface area contributed by atoms with Gasteiger partial charge in [-0.2, -0.15) is 12.1 Å². The minimum atomic E-state index is 0.